The second-order valence-corrected chi connectivity index (χ2v) is 9.34. The van der Waals surface area contributed by atoms with Gasteiger partial charge in [-0.1, -0.05) is 31.3 Å². The van der Waals surface area contributed by atoms with Gasteiger partial charge in [-0.3, -0.25) is 14.8 Å². The lowest BCUT2D eigenvalue weighted by molar-refractivity contribution is 0.102. The average Bonchev–Trinajstić information content (AvgIpc) is 3.18. The summed E-state index contributed by atoms with van der Waals surface area (Å²) in [6, 6.07) is 12.4. The number of carbonyl (C=O) groups is 1. The van der Waals surface area contributed by atoms with Crippen LogP contribution in [0.15, 0.2) is 53.4 Å². The predicted octanol–water partition coefficient (Wildman–Crippen LogP) is 4.11. The van der Waals surface area contributed by atoms with E-state index in [1.165, 1.54) is 35.6 Å². The Morgan fingerprint density at radius 2 is 1.87 bits per heavy atom. The molecule has 158 valence electrons. The van der Waals surface area contributed by atoms with E-state index in [4.69, 9.17) is 4.74 Å². The molecule has 30 heavy (non-hydrogen) atoms. The molecule has 3 aromatic rings. The van der Waals surface area contributed by atoms with Gasteiger partial charge < -0.3 is 4.74 Å². The number of benzene rings is 2. The molecule has 0 aliphatic carbocycles. The van der Waals surface area contributed by atoms with Crippen LogP contribution in [-0.4, -0.2) is 31.1 Å². The van der Waals surface area contributed by atoms with Crippen molar-refractivity contribution < 1.29 is 17.9 Å². The van der Waals surface area contributed by atoms with Crippen molar-refractivity contribution in [3.8, 4) is 5.75 Å². The lowest BCUT2D eigenvalue weighted by Crippen LogP contribution is -2.16. The van der Waals surface area contributed by atoms with Gasteiger partial charge in [0.2, 0.25) is 5.13 Å². The lowest BCUT2D eigenvalue weighted by atomic mass is 10.2. The topological polar surface area (TPSA) is 110 Å². The van der Waals surface area contributed by atoms with Gasteiger partial charge in [0.25, 0.3) is 15.9 Å². The molecule has 3 rings (SSSR count). The summed E-state index contributed by atoms with van der Waals surface area (Å²) in [5.41, 5.74) is 0.592. The molecule has 0 spiro atoms. The van der Waals surface area contributed by atoms with Crippen molar-refractivity contribution in [2.75, 3.05) is 16.6 Å². The number of anilines is 2. The van der Waals surface area contributed by atoms with E-state index in [1.54, 1.807) is 24.3 Å². The third-order valence-corrected chi connectivity index (χ3v) is 6.50. The van der Waals surface area contributed by atoms with E-state index in [2.05, 4.69) is 20.2 Å². The van der Waals surface area contributed by atoms with Crippen LogP contribution in [0, 0.1) is 0 Å². The second kappa shape index (κ2) is 9.23. The number of rotatable bonds is 8. The van der Waals surface area contributed by atoms with Gasteiger partial charge in [0.15, 0.2) is 0 Å². The zero-order valence-corrected chi connectivity index (χ0v) is 18.4. The summed E-state index contributed by atoms with van der Waals surface area (Å²) in [4.78, 5) is 12.5. The smallest absolute Gasteiger partial charge is 0.261 e. The van der Waals surface area contributed by atoms with Crippen LogP contribution in [0.3, 0.4) is 0 Å². The summed E-state index contributed by atoms with van der Waals surface area (Å²) < 4.78 is 33.3. The molecule has 1 aromatic heterocycles. The fraction of sp³-hybridized carbons (Fsp3) is 0.250. The minimum atomic E-state index is -3.87. The van der Waals surface area contributed by atoms with E-state index in [-0.39, 0.29) is 16.4 Å². The Hall–Kier alpha value is -2.98. The Kier molecular flexibility index (Phi) is 6.68. The fourth-order valence-corrected chi connectivity index (χ4v) is 4.34. The van der Waals surface area contributed by atoms with Gasteiger partial charge in [-0.15, -0.1) is 10.2 Å². The maximum Gasteiger partial charge on any atom is 0.261 e. The lowest BCUT2D eigenvalue weighted by Gasteiger charge is -2.10. The highest BCUT2D eigenvalue weighted by Crippen LogP contribution is 2.24. The third-order valence-electron chi connectivity index (χ3n) is 3.98. The van der Waals surface area contributed by atoms with Gasteiger partial charge in [-0.05, 0) is 49.4 Å². The van der Waals surface area contributed by atoms with E-state index < -0.39 is 15.9 Å². The second-order valence-electron chi connectivity index (χ2n) is 6.64. The molecule has 8 nitrogen and oxygen atoms in total. The standard InChI is InChI=1S/C20H22N4O4S2/c1-4-28-16-10-8-15(9-11-16)24-30(26,27)17-7-5-6-14(12-17)18(25)21-20-23-22-19(29-20)13(2)3/h5-13,24H,4H2,1-3H3,(H,21,23,25). The normalized spacial score (nSPS) is 11.3. The molecule has 0 atom stereocenters. The number of ether oxygens (including phenoxy) is 1. The van der Waals surface area contributed by atoms with Crippen LogP contribution in [0.25, 0.3) is 0 Å². The number of hydrogen-bond donors (Lipinski definition) is 2. The van der Waals surface area contributed by atoms with Crippen LogP contribution in [-0.2, 0) is 10.0 Å². The van der Waals surface area contributed by atoms with Crippen LogP contribution in [0.1, 0.15) is 42.1 Å². The van der Waals surface area contributed by atoms with Crippen LogP contribution < -0.4 is 14.8 Å². The van der Waals surface area contributed by atoms with Crippen LogP contribution in [0.4, 0.5) is 10.8 Å². The molecule has 1 heterocycles. The number of nitrogens with zero attached hydrogens (tertiary/aromatic N) is 2. The number of carbonyl (C=O) groups excluding carboxylic acids is 1. The van der Waals surface area contributed by atoms with E-state index >= 15 is 0 Å². The number of aromatic nitrogens is 2. The maximum absolute atomic E-state index is 12.7. The highest BCUT2D eigenvalue weighted by molar-refractivity contribution is 7.92. The zero-order chi connectivity index (χ0) is 21.7. The van der Waals surface area contributed by atoms with Crippen molar-refractivity contribution in [2.24, 2.45) is 0 Å². The van der Waals surface area contributed by atoms with Crippen LogP contribution >= 0.6 is 11.3 Å². The summed E-state index contributed by atoms with van der Waals surface area (Å²) in [7, 11) is -3.87. The Bertz CT molecular complexity index is 1130. The van der Waals surface area contributed by atoms with E-state index in [0.717, 1.165) is 5.01 Å². The molecule has 2 aromatic carbocycles. The first-order valence-corrected chi connectivity index (χ1v) is 11.6. The molecule has 10 heteroatoms. The Balaban J connectivity index is 1.74. The summed E-state index contributed by atoms with van der Waals surface area (Å²) >= 11 is 1.29. The molecule has 0 unspecified atom stereocenters. The molecule has 2 N–H and O–H groups in total. The first-order chi connectivity index (χ1) is 14.3. The monoisotopic (exact) mass is 446 g/mol. The number of amides is 1. The highest BCUT2D eigenvalue weighted by Gasteiger charge is 2.18. The third kappa shape index (κ3) is 5.33. The maximum atomic E-state index is 12.7. The van der Waals surface area contributed by atoms with Crippen LogP contribution in [0.5, 0.6) is 5.75 Å². The molecule has 0 radical (unpaired) electrons. The molecule has 1 amide bonds. The SMILES string of the molecule is CCOc1ccc(NS(=O)(=O)c2cccc(C(=O)Nc3nnc(C(C)C)s3)c2)cc1. The van der Waals surface area contributed by atoms with Crippen molar-refractivity contribution in [3.63, 3.8) is 0 Å². The summed E-state index contributed by atoms with van der Waals surface area (Å²) in [5.74, 6) is 0.395. The van der Waals surface area contributed by atoms with Gasteiger partial charge in [-0.25, -0.2) is 8.42 Å². The molecule has 0 aliphatic rings. The quantitative estimate of drug-likeness (QED) is 0.539. The van der Waals surface area contributed by atoms with Crippen molar-refractivity contribution >= 4 is 38.1 Å². The van der Waals surface area contributed by atoms with Gasteiger partial charge in [0.05, 0.1) is 11.5 Å². The van der Waals surface area contributed by atoms with Gasteiger partial charge in [0, 0.05) is 17.2 Å². The molecule has 0 aliphatic heterocycles. The van der Waals surface area contributed by atoms with Crippen molar-refractivity contribution in [2.45, 2.75) is 31.6 Å². The Morgan fingerprint density at radius 3 is 2.50 bits per heavy atom. The van der Waals surface area contributed by atoms with Gasteiger partial charge in [0.1, 0.15) is 10.8 Å². The minimum absolute atomic E-state index is 0.0239. The van der Waals surface area contributed by atoms with E-state index in [0.29, 0.717) is 23.2 Å². The zero-order valence-electron chi connectivity index (χ0n) is 16.7. The summed E-state index contributed by atoms with van der Waals surface area (Å²) in [5, 5.41) is 11.8. The first kappa shape index (κ1) is 21.7. The first-order valence-electron chi connectivity index (χ1n) is 9.29. The molecular weight excluding hydrogens is 424 g/mol. The molecule has 0 saturated carbocycles. The number of hydrogen-bond acceptors (Lipinski definition) is 7. The van der Waals surface area contributed by atoms with Gasteiger partial charge in [-0.2, -0.15) is 0 Å². The molecule has 0 fully saturated rings. The van der Waals surface area contributed by atoms with Crippen molar-refractivity contribution in [3.05, 3.63) is 59.1 Å². The molecule has 0 bridgehead atoms. The molecular formula is C20H22N4O4S2. The Labute approximate surface area is 179 Å². The number of nitrogens with one attached hydrogen (secondary N) is 2. The van der Waals surface area contributed by atoms with Crippen molar-refractivity contribution in [1.29, 1.82) is 0 Å². The minimum Gasteiger partial charge on any atom is -0.494 e. The predicted molar refractivity (Wildman–Crippen MR) is 117 cm³/mol. The summed E-state index contributed by atoms with van der Waals surface area (Å²) in [6.07, 6.45) is 0. The van der Waals surface area contributed by atoms with Crippen LogP contribution in [0.2, 0.25) is 0 Å². The van der Waals surface area contributed by atoms with Crippen molar-refractivity contribution in [1.82, 2.24) is 10.2 Å². The van der Waals surface area contributed by atoms with Gasteiger partial charge >= 0.3 is 0 Å². The average molecular weight is 447 g/mol. The molecule has 0 saturated heterocycles. The summed E-state index contributed by atoms with van der Waals surface area (Å²) in [6.45, 7) is 6.36. The highest BCUT2D eigenvalue weighted by atomic mass is 32.2. The van der Waals surface area contributed by atoms with E-state index in [9.17, 15) is 13.2 Å². The Morgan fingerprint density at radius 1 is 1.13 bits per heavy atom. The fourth-order valence-electron chi connectivity index (χ4n) is 2.49. The number of sulfonamides is 1. The largest absolute Gasteiger partial charge is 0.494 e. The van der Waals surface area contributed by atoms with E-state index in [1.807, 2.05) is 20.8 Å².